The number of halogens is 1. The van der Waals surface area contributed by atoms with Crippen LogP contribution in [-0.2, 0) is 6.54 Å². The molecule has 0 amide bonds. The summed E-state index contributed by atoms with van der Waals surface area (Å²) in [5.74, 6) is 0.0424. The minimum absolute atomic E-state index is 0.126. The van der Waals surface area contributed by atoms with Gasteiger partial charge >= 0.3 is 5.97 Å². The molecule has 0 fully saturated rings. The fourth-order valence-corrected chi connectivity index (χ4v) is 3.45. The van der Waals surface area contributed by atoms with Crippen molar-refractivity contribution in [3.63, 3.8) is 0 Å². The highest BCUT2D eigenvalue weighted by atomic mass is 35.5. The number of ether oxygens (including phenoxy) is 1. The van der Waals surface area contributed by atoms with E-state index in [1.54, 1.807) is 6.07 Å². The summed E-state index contributed by atoms with van der Waals surface area (Å²) in [5, 5.41) is 10.3. The molecule has 28 heavy (non-hydrogen) atoms. The Morgan fingerprint density at radius 3 is 2.68 bits per heavy atom. The van der Waals surface area contributed by atoms with Crippen LogP contribution < -0.4 is 4.74 Å². The van der Waals surface area contributed by atoms with Gasteiger partial charge in [-0.2, -0.15) is 0 Å². The summed E-state index contributed by atoms with van der Waals surface area (Å²) in [4.78, 5) is 11.0. The lowest BCUT2D eigenvalue weighted by atomic mass is 10.1. The van der Waals surface area contributed by atoms with Gasteiger partial charge in [-0.3, -0.25) is 0 Å². The number of benzene rings is 3. The molecular formula is C23H18ClNO3. The van der Waals surface area contributed by atoms with Crippen molar-refractivity contribution in [2.75, 3.05) is 0 Å². The number of carboxylic acid groups (broad SMARTS) is 1. The molecule has 0 bridgehead atoms. The zero-order chi connectivity index (χ0) is 19.7. The van der Waals surface area contributed by atoms with Crippen LogP contribution >= 0.6 is 11.6 Å². The highest BCUT2D eigenvalue weighted by Crippen LogP contribution is 2.32. The molecule has 0 aliphatic heterocycles. The molecule has 0 radical (unpaired) electrons. The molecular weight excluding hydrogens is 374 g/mol. The lowest BCUT2D eigenvalue weighted by molar-refractivity contribution is 0.0697. The van der Waals surface area contributed by atoms with E-state index < -0.39 is 5.97 Å². The fraction of sp³-hybridized carbons (Fsp3) is 0.0870. The monoisotopic (exact) mass is 391 g/mol. The lowest BCUT2D eigenvalue weighted by Gasteiger charge is -2.10. The predicted molar refractivity (Wildman–Crippen MR) is 111 cm³/mol. The molecule has 1 aromatic heterocycles. The van der Waals surface area contributed by atoms with E-state index in [0.717, 1.165) is 17.4 Å². The van der Waals surface area contributed by atoms with Crippen LogP contribution in [0.4, 0.5) is 0 Å². The van der Waals surface area contributed by atoms with Gasteiger partial charge in [0.1, 0.15) is 11.5 Å². The fourth-order valence-electron chi connectivity index (χ4n) is 3.23. The van der Waals surface area contributed by atoms with Gasteiger partial charge in [-0.25, -0.2) is 4.79 Å². The minimum Gasteiger partial charge on any atom is -0.478 e. The molecule has 4 nitrogen and oxygen atoms in total. The minimum atomic E-state index is -1.02. The van der Waals surface area contributed by atoms with Crippen LogP contribution in [0.5, 0.6) is 11.5 Å². The maximum Gasteiger partial charge on any atom is 0.335 e. The van der Waals surface area contributed by atoms with E-state index in [1.807, 2.05) is 24.3 Å². The van der Waals surface area contributed by atoms with Gasteiger partial charge in [0.25, 0.3) is 0 Å². The summed E-state index contributed by atoms with van der Waals surface area (Å²) < 4.78 is 8.06. The van der Waals surface area contributed by atoms with Crippen LogP contribution in [0.25, 0.3) is 10.9 Å². The van der Waals surface area contributed by atoms with Gasteiger partial charge in [0.2, 0.25) is 0 Å². The van der Waals surface area contributed by atoms with Crippen molar-refractivity contribution in [3.05, 3.63) is 94.6 Å². The molecule has 4 aromatic rings. The topological polar surface area (TPSA) is 51.5 Å². The van der Waals surface area contributed by atoms with Crippen LogP contribution in [0.2, 0.25) is 5.02 Å². The molecule has 0 atom stereocenters. The third-order valence-corrected chi connectivity index (χ3v) is 4.88. The van der Waals surface area contributed by atoms with Crippen molar-refractivity contribution >= 4 is 28.5 Å². The van der Waals surface area contributed by atoms with E-state index >= 15 is 0 Å². The summed E-state index contributed by atoms with van der Waals surface area (Å²) in [6.45, 7) is 2.89. The first-order valence-electron chi connectivity index (χ1n) is 8.85. The molecule has 0 saturated heterocycles. The Labute approximate surface area is 167 Å². The van der Waals surface area contributed by atoms with Gasteiger partial charge in [0, 0.05) is 23.6 Å². The second-order valence-electron chi connectivity index (χ2n) is 6.71. The summed E-state index contributed by atoms with van der Waals surface area (Å²) in [6.07, 6.45) is 2.06. The van der Waals surface area contributed by atoms with Crippen LogP contribution in [-0.4, -0.2) is 15.6 Å². The highest BCUT2D eigenvalue weighted by molar-refractivity contribution is 6.32. The normalized spacial score (nSPS) is 10.9. The number of aromatic nitrogens is 1. The van der Waals surface area contributed by atoms with E-state index in [-0.39, 0.29) is 10.6 Å². The molecule has 1 heterocycles. The third-order valence-electron chi connectivity index (χ3n) is 4.58. The van der Waals surface area contributed by atoms with E-state index in [9.17, 15) is 4.79 Å². The van der Waals surface area contributed by atoms with E-state index in [1.165, 1.54) is 23.3 Å². The maximum atomic E-state index is 11.0. The molecule has 0 saturated carbocycles. The van der Waals surface area contributed by atoms with E-state index in [0.29, 0.717) is 11.5 Å². The Hall–Kier alpha value is -3.24. The quantitative estimate of drug-likeness (QED) is 0.444. The number of aromatic carboxylic acids is 1. The number of rotatable bonds is 5. The predicted octanol–water partition coefficient (Wildman–Crippen LogP) is 6.14. The molecule has 5 heteroatoms. The second-order valence-corrected chi connectivity index (χ2v) is 7.11. The average Bonchev–Trinajstić information content (AvgIpc) is 3.05. The number of nitrogens with zero attached hydrogens (tertiary/aromatic N) is 1. The van der Waals surface area contributed by atoms with Gasteiger partial charge in [-0.05, 0) is 55.0 Å². The largest absolute Gasteiger partial charge is 0.478 e. The summed E-state index contributed by atoms with van der Waals surface area (Å²) in [6, 6.07) is 20.8. The maximum absolute atomic E-state index is 11.0. The van der Waals surface area contributed by atoms with Crippen LogP contribution in [0.3, 0.4) is 0 Å². The zero-order valence-electron chi connectivity index (χ0n) is 15.2. The number of carbonyl (C=O) groups is 1. The van der Waals surface area contributed by atoms with Crippen molar-refractivity contribution < 1.29 is 14.6 Å². The third kappa shape index (κ3) is 3.73. The first-order chi connectivity index (χ1) is 13.5. The SMILES string of the molecule is Cc1cccc(Cn2ccc3cc(Oc4ccc(C(=O)O)cc4Cl)ccc32)c1. The Bertz CT molecular complexity index is 1180. The lowest BCUT2D eigenvalue weighted by Crippen LogP contribution is -1.98. The number of fused-ring (bicyclic) bond motifs is 1. The van der Waals surface area contributed by atoms with Crippen molar-refractivity contribution in [3.8, 4) is 11.5 Å². The standard InChI is InChI=1S/C23H18ClNO3/c1-15-3-2-4-16(11-15)14-25-10-9-17-12-19(6-7-21(17)25)28-22-8-5-18(23(26)27)13-20(22)24/h2-13H,14H2,1H3,(H,26,27). The smallest absolute Gasteiger partial charge is 0.335 e. The van der Waals surface area contributed by atoms with Gasteiger partial charge < -0.3 is 14.4 Å². The number of hydrogen-bond donors (Lipinski definition) is 1. The van der Waals surface area contributed by atoms with Crippen LogP contribution in [0, 0.1) is 6.92 Å². The average molecular weight is 392 g/mol. The van der Waals surface area contributed by atoms with Gasteiger partial charge in [-0.15, -0.1) is 0 Å². The molecule has 0 unspecified atom stereocenters. The Morgan fingerprint density at radius 2 is 1.93 bits per heavy atom. The number of hydrogen-bond acceptors (Lipinski definition) is 2. The molecule has 0 aliphatic rings. The molecule has 0 spiro atoms. The van der Waals surface area contributed by atoms with Crippen molar-refractivity contribution in [2.24, 2.45) is 0 Å². The summed E-state index contributed by atoms with van der Waals surface area (Å²) >= 11 is 6.16. The van der Waals surface area contributed by atoms with Crippen LogP contribution in [0.1, 0.15) is 21.5 Å². The number of aryl methyl sites for hydroxylation is 1. The summed E-state index contributed by atoms with van der Waals surface area (Å²) in [5.41, 5.74) is 3.74. The summed E-state index contributed by atoms with van der Waals surface area (Å²) in [7, 11) is 0. The number of carboxylic acids is 1. The highest BCUT2D eigenvalue weighted by Gasteiger charge is 2.10. The molecule has 3 aromatic carbocycles. The van der Waals surface area contributed by atoms with Crippen molar-refractivity contribution in [1.82, 2.24) is 4.57 Å². The van der Waals surface area contributed by atoms with Gasteiger partial charge in [0.15, 0.2) is 0 Å². The van der Waals surface area contributed by atoms with Crippen LogP contribution in [0.15, 0.2) is 72.9 Å². The first kappa shape index (κ1) is 18.1. The second kappa shape index (κ2) is 7.41. The van der Waals surface area contributed by atoms with Gasteiger partial charge in [-0.1, -0.05) is 41.4 Å². The zero-order valence-corrected chi connectivity index (χ0v) is 16.0. The molecule has 140 valence electrons. The van der Waals surface area contributed by atoms with Crippen molar-refractivity contribution in [2.45, 2.75) is 13.5 Å². The molecule has 4 rings (SSSR count). The molecule has 1 N–H and O–H groups in total. The molecule has 0 aliphatic carbocycles. The first-order valence-corrected chi connectivity index (χ1v) is 9.22. The van der Waals surface area contributed by atoms with E-state index in [4.69, 9.17) is 21.4 Å². The Kier molecular flexibility index (Phi) is 4.80. The Balaban J connectivity index is 1.58. The van der Waals surface area contributed by atoms with Gasteiger partial charge in [0.05, 0.1) is 10.6 Å². The Morgan fingerprint density at radius 1 is 1.07 bits per heavy atom. The van der Waals surface area contributed by atoms with E-state index in [2.05, 4.69) is 42.0 Å². The van der Waals surface area contributed by atoms with Crippen molar-refractivity contribution in [1.29, 1.82) is 0 Å².